The van der Waals surface area contributed by atoms with Crippen molar-refractivity contribution >= 4 is 23.4 Å². The summed E-state index contributed by atoms with van der Waals surface area (Å²) in [5.74, 6) is 1.83. The van der Waals surface area contributed by atoms with Crippen molar-refractivity contribution in [2.75, 3.05) is 11.6 Å². The Balaban J connectivity index is 2.17. The fourth-order valence-electron chi connectivity index (χ4n) is 1.51. The summed E-state index contributed by atoms with van der Waals surface area (Å²) in [4.78, 5) is 0. The van der Waals surface area contributed by atoms with Gasteiger partial charge in [-0.3, -0.25) is 0 Å². The highest BCUT2D eigenvalue weighted by Gasteiger charge is 2.31. The molecule has 0 aromatic rings. The molecule has 1 rings (SSSR count). The van der Waals surface area contributed by atoms with E-state index in [1.54, 1.807) is 0 Å². The van der Waals surface area contributed by atoms with Gasteiger partial charge in [-0.05, 0) is 26.7 Å². The molecule has 0 radical (unpaired) electrons. The van der Waals surface area contributed by atoms with E-state index in [0.29, 0.717) is 11.4 Å². The number of thioether (sulfide) groups is 1. The first kappa shape index (κ1) is 11.7. The lowest BCUT2D eigenvalue weighted by molar-refractivity contribution is -0.00469. The van der Waals surface area contributed by atoms with E-state index in [2.05, 4.69) is 20.8 Å². The summed E-state index contributed by atoms with van der Waals surface area (Å²) in [5.41, 5.74) is 0.107. The lowest BCUT2D eigenvalue weighted by atomic mass is 10.1. The summed E-state index contributed by atoms with van der Waals surface area (Å²) in [7, 11) is 0. The number of alkyl halides is 1. The summed E-state index contributed by atoms with van der Waals surface area (Å²) in [6.45, 7) is 6.50. The maximum atomic E-state index is 5.88. The van der Waals surface area contributed by atoms with Crippen molar-refractivity contribution in [2.24, 2.45) is 0 Å². The highest BCUT2D eigenvalue weighted by atomic mass is 35.5. The topological polar surface area (TPSA) is 9.23 Å². The van der Waals surface area contributed by atoms with Gasteiger partial charge in [0.2, 0.25) is 0 Å². The quantitative estimate of drug-likeness (QED) is 0.675. The van der Waals surface area contributed by atoms with Gasteiger partial charge < -0.3 is 4.74 Å². The molecular formula is C10H19ClOS. The van der Waals surface area contributed by atoms with Gasteiger partial charge in [0.1, 0.15) is 0 Å². The Hall–Kier alpha value is 0.600. The minimum Gasteiger partial charge on any atom is -0.371 e. The van der Waals surface area contributed by atoms with E-state index in [1.807, 2.05) is 11.8 Å². The first-order valence-electron chi connectivity index (χ1n) is 4.89. The van der Waals surface area contributed by atoms with Crippen LogP contribution in [0.2, 0.25) is 0 Å². The molecule has 1 nitrogen and oxygen atoms in total. The molecule has 2 unspecified atom stereocenters. The monoisotopic (exact) mass is 222 g/mol. The molecule has 1 heterocycles. The van der Waals surface area contributed by atoms with Gasteiger partial charge in [0, 0.05) is 16.9 Å². The molecule has 0 N–H and O–H groups in total. The van der Waals surface area contributed by atoms with Crippen molar-refractivity contribution in [3.8, 4) is 0 Å². The van der Waals surface area contributed by atoms with Crippen molar-refractivity contribution in [1.29, 1.82) is 0 Å². The molecular weight excluding hydrogens is 204 g/mol. The number of halogens is 1. The maximum Gasteiger partial charge on any atom is 0.0673 e. The minimum atomic E-state index is 0.107. The second kappa shape index (κ2) is 4.90. The standard InChI is InChI=1S/C10H19ClOS/c1-8(6-11)13-7-9-4-5-10(2,3)12-9/h8-9H,4-7H2,1-3H3. The second-order valence-corrected chi connectivity index (χ2v) is 6.12. The average molecular weight is 223 g/mol. The molecule has 0 aliphatic carbocycles. The van der Waals surface area contributed by atoms with Gasteiger partial charge in [-0.25, -0.2) is 0 Å². The second-order valence-electron chi connectivity index (χ2n) is 4.34. The molecule has 2 atom stereocenters. The van der Waals surface area contributed by atoms with Gasteiger partial charge in [0.05, 0.1) is 11.7 Å². The van der Waals surface area contributed by atoms with Crippen LogP contribution in [-0.4, -0.2) is 28.6 Å². The summed E-state index contributed by atoms with van der Waals surface area (Å²) < 4.78 is 5.88. The van der Waals surface area contributed by atoms with Crippen LogP contribution >= 0.6 is 23.4 Å². The largest absolute Gasteiger partial charge is 0.371 e. The fraction of sp³-hybridized carbons (Fsp3) is 1.00. The first-order chi connectivity index (χ1) is 6.03. The Bertz CT molecular complexity index is 161. The molecule has 0 bridgehead atoms. The van der Waals surface area contributed by atoms with Crippen LogP contribution in [0.3, 0.4) is 0 Å². The van der Waals surface area contributed by atoms with Crippen LogP contribution in [0.15, 0.2) is 0 Å². The van der Waals surface area contributed by atoms with Gasteiger partial charge in [-0.1, -0.05) is 6.92 Å². The fourth-order valence-corrected chi connectivity index (χ4v) is 2.65. The van der Waals surface area contributed by atoms with Crippen LogP contribution in [0.1, 0.15) is 33.6 Å². The van der Waals surface area contributed by atoms with E-state index in [4.69, 9.17) is 16.3 Å². The zero-order chi connectivity index (χ0) is 9.90. The molecule has 13 heavy (non-hydrogen) atoms. The molecule has 0 saturated carbocycles. The van der Waals surface area contributed by atoms with E-state index in [9.17, 15) is 0 Å². The van der Waals surface area contributed by atoms with Crippen LogP contribution in [-0.2, 0) is 4.74 Å². The number of rotatable bonds is 4. The Labute approximate surface area is 90.6 Å². The van der Waals surface area contributed by atoms with Crippen LogP contribution in [0, 0.1) is 0 Å². The van der Waals surface area contributed by atoms with E-state index in [1.165, 1.54) is 12.8 Å². The van der Waals surface area contributed by atoms with Crippen molar-refractivity contribution in [3.05, 3.63) is 0 Å². The Morgan fingerprint density at radius 3 is 2.77 bits per heavy atom. The molecule has 78 valence electrons. The molecule has 0 aromatic heterocycles. The van der Waals surface area contributed by atoms with Crippen molar-refractivity contribution in [1.82, 2.24) is 0 Å². The summed E-state index contributed by atoms with van der Waals surface area (Å²) >= 11 is 7.65. The SMILES string of the molecule is CC(CCl)SCC1CCC(C)(C)O1. The van der Waals surface area contributed by atoms with Gasteiger partial charge >= 0.3 is 0 Å². The summed E-state index contributed by atoms with van der Waals surface area (Å²) in [6, 6.07) is 0. The molecule has 1 aliphatic heterocycles. The number of hydrogen-bond donors (Lipinski definition) is 0. The highest BCUT2D eigenvalue weighted by molar-refractivity contribution is 8.00. The molecule has 1 saturated heterocycles. The average Bonchev–Trinajstić information content (AvgIpc) is 2.41. The van der Waals surface area contributed by atoms with Crippen LogP contribution in [0.25, 0.3) is 0 Å². The zero-order valence-electron chi connectivity index (χ0n) is 8.68. The predicted molar refractivity (Wildman–Crippen MR) is 60.8 cm³/mol. The lowest BCUT2D eigenvalue weighted by Crippen LogP contribution is -2.21. The minimum absolute atomic E-state index is 0.107. The van der Waals surface area contributed by atoms with E-state index >= 15 is 0 Å². The Morgan fingerprint density at radius 1 is 1.62 bits per heavy atom. The number of ether oxygens (including phenoxy) is 1. The highest BCUT2D eigenvalue weighted by Crippen LogP contribution is 2.31. The zero-order valence-corrected chi connectivity index (χ0v) is 10.3. The predicted octanol–water partition coefficient (Wildman–Crippen LogP) is 3.30. The van der Waals surface area contributed by atoms with Crippen LogP contribution in [0.5, 0.6) is 0 Å². The lowest BCUT2D eigenvalue weighted by Gasteiger charge is -2.19. The van der Waals surface area contributed by atoms with Gasteiger partial charge in [0.15, 0.2) is 0 Å². The molecule has 0 amide bonds. The first-order valence-corrected chi connectivity index (χ1v) is 6.47. The molecule has 1 aliphatic rings. The molecule has 3 heteroatoms. The van der Waals surface area contributed by atoms with E-state index in [0.717, 1.165) is 11.6 Å². The van der Waals surface area contributed by atoms with Crippen LogP contribution < -0.4 is 0 Å². The molecule has 1 fully saturated rings. The smallest absolute Gasteiger partial charge is 0.0673 e. The summed E-state index contributed by atoms with van der Waals surface area (Å²) in [5, 5.41) is 0.550. The van der Waals surface area contributed by atoms with Crippen LogP contribution in [0.4, 0.5) is 0 Å². The van der Waals surface area contributed by atoms with Gasteiger partial charge in [0.25, 0.3) is 0 Å². The summed E-state index contributed by atoms with van der Waals surface area (Å²) in [6.07, 6.45) is 2.84. The van der Waals surface area contributed by atoms with E-state index in [-0.39, 0.29) is 5.60 Å². The normalized spacial score (nSPS) is 29.1. The van der Waals surface area contributed by atoms with Gasteiger partial charge in [-0.2, -0.15) is 11.8 Å². The van der Waals surface area contributed by atoms with E-state index < -0.39 is 0 Å². The van der Waals surface area contributed by atoms with Crippen molar-refractivity contribution < 1.29 is 4.74 Å². The Morgan fingerprint density at radius 2 is 2.31 bits per heavy atom. The van der Waals surface area contributed by atoms with Crippen molar-refractivity contribution in [2.45, 2.75) is 50.6 Å². The Kier molecular flexibility index (Phi) is 4.40. The molecule has 0 spiro atoms. The third-order valence-electron chi connectivity index (χ3n) is 2.34. The third-order valence-corrected chi connectivity index (χ3v) is 4.28. The van der Waals surface area contributed by atoms with Gasteiger partial charge in [-0.15, -0.1) is 11.6 Å². The van der Waals surface area contributed by atoms with Crippen molar-refractivity contribution in [3.63, 3.8) is 0 Å². The maximum absolute atomic E-state index is 5.88. The number of hydrogen-bond acceptors (Lipinski definition) is 2. The third kappa shape index (κ3) is 4.09. The molecule has 0 aromatic carbocycles.